The summed E-state index contributed by atoms with van der Waals surface area (Å²) in [6, 6.07) is 1.34. The van der Waals surface area contributed by atoms with Crippen LogP contribution in [-0.2, 0) is 0 Å². The molecule has 0 aliphatic heterocycles. The van der Waals surface area contributed by atoms with Crippen molar-refractivity contribution in [2.24, 2.45) is 5.92 Å². The van der Waals surface area contributed by atoms with Crippen molar-refractivity contribution in [1.82, 2.24) is 9.97 Å². The van der Waals surface area contributed by atoms with Crippen LogP contribution in [0.5, 0.6) is 0 Å². The van der Waals surface area contributed by atoms with E-state index in [0.29, 0.717) is 5.82 Å². The van der Waals surface area contributed by atoms with Gasteiger partial charge in [0.2, 0.25) is 5.95 Å². The number of nitrogens with zero attached hydrogens (tertiary/aromatic N) is 2. The summed E-state index contributed by atoms with van der Waals surface area (Å²) < 4.78 is 12.7. The first-order valence-corrected chi connectivity index (χ1v) is 5.56. The standard InChI is InChI=1S/C11H16FN3/c12-10-6-11(15-8-14-10)13-7-9-4-2-1-3-5-9/h6,8-9H,1-5,7H2,(H,13,14,15). The van der Waals surface area contributed by atoms with E-state index in [1.807, 2.05) is 0 Å². The number of hydrogen-bond acceptors (Lipinski definition) is 3. The van der Waals surface area contributed by atoms with Gasteiger partial charge < -0.3 is 5.32 Å². The summed E-state index contributed by atoms with van der Waals surface area (Å²) in [6.07, 6.45) is 7.81. The van der Waals surface area contributed by atoms with Crippen molar-refractivity contribution < 1.29 is 4.39 Å². The van der Waals surface area contributed by atoms with Gasteiger partial charge in [0.25, 0.3) is 0 Å². The third kappa shape index (κ3) is 3.15. The average Bonchev–Trinajstić information content (AvgIpc) is 2.28. The number of aromatic nitrogens is 2. The van der Waals surface area contributed by atoms with Gasteiger partial charge >= 0.3 is 0 Å². The Kier molecular flexibility index (Phi) is 3.48. The van der Waals surface area contributed by atoms with Crippen LogP contribution in [0.4, 0.5) is 10.2 Å². The second-order valence-electron chi connectivity index (χ2n) is 4.11. The quantitative estimate of drug-likeness (QED) is 0.777. The summed E-state index contributed by atoms with van der Waals surface area (Å²) in [4.78, 5) is 7.38. The summed E-state index contributed by atoms with van der Waals surface area (Å²) in [7, 11) is 0. The molecule has 0 bridgehead atoms. The van der Waals surface area contributed by atoms with Crippen molar-refractivity contribution in [3.05, 3.63) is 18.3 Å². The molecule has 4 heteroatoms. The fourth-order valence-corrected chi connectivity index (χ4v) is 2.07. The van der Waals surface area contributed by atoms with E-state index in [1.165, 1.54) is 44.5 Å². The zero-order valence-corrected chi connectivity index (χ0v) is 8.75. The minimum atomic E-state index is -0.476. The lowest BCUT2D eigenvalue weighted by molar-refractivity contribution is 0.373. The molecule has 1 aromatic rings. The highest BCUT2D eigenvalue weighted by Gasteiger charge is 2.12. The average molecular weight is 209 g/mol. The van der Waals surface area contributed by atoms with Crippen molar-refractivity contribution in [3.8, 4) is 0 Å². The van der Waals surface area contributed by atoms with Crippen LogP contribution in [0.25, 0.3) is 0 Å². The van der Waals surface area contributed by atoms with E-state index in [0.717, 1.165) is 12.5 Å². The molecule has 1 aliphatic carbocycles. The lowest BCUT2D eigenvalue weighted by Gasteiger charge is -2.21. The fourth-order valence-electron chi connectivity index (χ4n) is 2.07. The van der Waals surface area contributed by atoms with E-state index in [9.17, 15) is 4.39 Å². The minimum absolute atomic E-state index is 0.476. The third-order valence-electron chi connectivity index (χ3n) is 2.93. The maximum absolute atomic E-state index is 12.7. The Morgan fingerprint density at radius 3 is 2.80 bits per heavy atom. The Balaban J connectivity index is 1.81. The molecule has 0 saturated heterocycles. The van der Waals surface area contributed by atoms with Gasteiger partial charge in [-0.2, -0.15) is 4.39 Å². The minimum Gasteiger partial charge on any atom is -0.370 e. The molecule has 1 heterocycles. The Morgan fingerprint density at radius 2 is 2.07 bits per heavy atom. The molecule has 0 unspecified atom stereocenters. The summed E-state index contributed by atoms with van der Waals surface area (Å²) >= 11 is 0. The number of rotatable bonds is 3. The summed E-state index contributed by atoms with van der Waals surface area (Å²) in [5.41, 5.74) is 0. The first-order valence-electron chi connectivity index (χ1n) is 5.56. The zero-order chi connectivity index (χ0) is 10.5. The van der Waals surface area contributed by atoms with Crippen LogP contribution < -0.4 is 5.32 Å². The molecule has 2 rings (SSSR count). The van der Waals surface area contributed by atoms with E-state index >= 15 is 0 Å². The SMILES string of the molecule is Fc1cc(NCC2CCCCC2)ncn1. The number of anilines is 1. The van der Waals surface area contributed by atoms with Gasteiger partial charge in [-0.25, -0.2) is 9.97 Å². The fraction of sp³-hybridized carbons (Fsp3) is 0.636. The van der Waals surface area contributed by atoms with E-state index in [2.05, 4.69) is 15.3 Å². The highest BCUT2D eigenvalue weighted by Crippen LogP contribution is 2.23. The maximum atomic E-state index is 12.7. The van der Waals surface area contributed by atoms with Gasteiger partial charge in [-0.3, -0.25) is 0 Å². The Labute approximate surface area is 89.1 Å². The van der Waals surface area contributed by atoms with Crippen LogP contribution in [0.15, 0.2) is 12.4 Å². The van der Waals surface area contributed by atoms with Crippen LogP contribution >= 0.6 is 0 Å². The Morgan fingerprint density at radius 1 is 1.27 bits per heavy atom. The second-order valence-corrected chi connectivity index (χ2v) is 4.11. The van der Waals surface area contributed by atoms with Crippen LogP contribution in [0, 0.1) is 11.9 Å². The summed E-state index contributed by atoms with van der Waals surface area (Å²) in [5.74, 6) is 0.834. The summed E-state index contributed by atoms with van der Waals surface area (Å²) in [5, 5.41) is 3.16. The maximum Gasteiger partial charge on any atom is 0.217 e. The van der Waals surface area contributed by atoms with Crippen LogP contribution in [0.2, 0.25) is 0 Å². The topological polar surface area (TPSA) is 37.8 Å². The molecule has 1 aliphatic rings. The highest BCUT2D eigenvalue weighted by atomic mass is 19.1. The molecule has 1 N–H and O–H groups in total. The van der Waals surface area contributed by atoms with Gasteiger partial charge in [0.05, 0.1) is 0 Å². The largest absolute Gasteiger partial charge is 0.370 e. The van der Waals surface area contributed by atoms with E-state index < -0.39 is 5.95 Å². The molecule has 0 aromatic carbocycles. The van der Waals surface area contributed by atoms with Crippen LogP contribution in [-0.4, -0.2) is 16.5 Å². The van der Waals surface area contributed by atoms with Crippen molar-refractivity contribution >= 4 is 5.82 Å². The second kappa shape index (κ2) is 5.05. The van der Waals surface area contributed by atoms with Crippen molar-refractivity contribution in [2.75, 3.05) is 11.9 Å². The number of hydrogen-bond donors (Lipinski definition) is 1. The van der Waals surface area contributed by atoms with E-state index in [4.69, 9.17) is 0 Å². The van der Waals surface area contributed by atoms with E-state index in [1.54, 1.807) is 0 Å². The predicted molar refractivity (Wildman–Crippen MR) is 57.1 cm³/mol. The number of nitrogens with one attached hydrogen (secondary N) is 1. The molecule has 0 atom stereocenters. The Hall–Kier alpha value is -1.19. The molecular weight excluding hydrogens is 193 g/mol. The molecule has 3 nitrogen and oxygen atoms in total. The van der Waals surface area contributed by atoms with Crippen molar-refractivity contribution in [3.63, 3.8) is 0 Å². The Bertz CT molecular complexity index is 310. The van der Waals surface area contributed by atoms with Gasteiger partial charge in [-0.1, -0.05) is 19.3 Å². The van der Waals surface area contributed by atoms with Gasteiger partial charge in [0, 0.05) is 12.6 Å². The highest BCUT2D eigenvalue weighted by molar-refractivity contribution is 5.31. The molecule has 1 aromatic heterocycles. The molecule has 15 heavy (non-hydrogen) atoms. The molecule has 0 spiro atoms. The predicted octanol–water partition coefficient (Wildman–Crippen LogP) is 2.61. The number of halogens is 1. The van der Waals surface area contributed by atoms with Crippen LogP contribution in [0.1, 0.15) is 32.1 Å². The lowest BCUT2D eigenvalue weighted by atomic mass is 9.89. The zero-order valence-electron chi connectivity index (χ0n) is 8.75. The first-order chi connectivity index (χ1) is 7.34. The summed E-state index contributed by atoms with van der Waals surface area (Å²) in [6.45, 7) is 0.899. The third-order valence-corrected chi connectivity index (χ3v) is 2.93. The lowest BCUT2D eigenvalue weighted by Crippen LogP contribution is -2.17. The van der Waals surface area contributed by atoms with Crippen LogP contribution in [0.3, 0.4) is 0 Å². The van der Waals surface area contributed by atoms with Crippen molar-refractivity contribution in [2.45, 2.75) is 32.1 Å². The van der Waals surface area contributed by atoms with E-state index in [-0.39, 0.29) is 0 Å². The molecule has 0 radical (unpaired) electrons. The molecule has 82 valence electrons. The molecule has 1 saturated carbocycles. The van der Waals surface area contributed by atoms with Gasteiger partial charge in [-0.05, 0) is 18.8 Å². The van der Waals surface area contributed by atoms with Crippen molar-refractivity contribution in [1.29, 1.82) is 0 Å². The molecular formula is C11H16FN3. The van der Waals surface area contributed by atoms with Gasteiger partial charge in [0.15, 0.2) is 0 Å². The smallest absolute Gasteiger partial charge is 0.217 e. The molecule has 1 fully saturated rings. The molecule has 0 amide bonds. The normalized spacial score (nSPS) is 17.7. The first kappa shape index (κ1) is 10.3. The van der Waals surface area contributed by atoms with Gasteiger partial charge in [0.1, 0.15) is 12.1 Å². The monoisotopic (exact) mass is 209 g/mol. The van der Waals surface area contributed by atoms with Gasteiger partial charge in [-0.15, -0.1) is 0 Å².